The van der Waals surface area contributed by atoms with Gasteiger partial charge < -0.3 is 10.2 Å². The first-order valence-electron chi connectivity index (χ1n) is 10.8. The number of thioether (sulfide) groups is 1. The molecule has 0 aliphatic carbocycles. The van der Waals surface area contributed by atoms with E-state index >= 15 is 0 Å². The molecule has 0 aromatic heterocycles. The summed E-state index contributed by atoms with van der Waals surface area (Å²) in [6, 6.07) is 17.9. The number of hydrogen-bond donors (Lipinski definition) is 1. The fraction of sp³-hybridized carbons (Fsp3) is 0.440. The zero-order chi connectivity index (χ0) is 21.8. The van der Waals surface area contributed by atoms with Crippen LogP contribution < -0.4 is 5.32 Å². The normalized spacial score (nSPS) is 11.7. The summed E-state index contributed by atoms with van der Waals surface area (Å²) in [7, 11) is 0. The Labute approximate surface area is 185 Å². The highest BCUT2D eigenvalue weighted by Gasteiger charge is 2.25. The van der Waals surface area contributed by atoms with E-state index in [2.05, 4.69) is 30.4 Å². The molecule has 0 unspecified atom stereocenters. The monoisotopic (exact) mass is 426 g/mol. The Morgan fingerprint density at radius 3 is 2.50 bits per heavy atom. The molecule has 2 aromatic carbocycles. The van der Waals surface area contributed by atoms with Crippen LogP contribution in [0.2, 0.25) is 0 Å². The first kappa shape index (κ1) is 24.0. The van der Waals surface area contributed by atoms with Crippen molar-refractivity contribution in [3.8, 4) is 0 Å². The molecule has 2 amide bonds. The minimum absolute atomic E-state index is 0.0233. The Hall–Kier alpha value is -2.27. The van der Waals surface area contributed by atoms with Crippen molar-refractivity contribution in [3.63, 3.8) is 0 Å². The molecule has 0 spiro atoms. The summed E-state index contributed by atoms with van der Waals surface area (Å²) in [5.74, 6) is 1.57. The molecule has 30 heavy (non-hydrogen) atoms. The molecule has 0 fully saturated rings. The minimum atomic E-state index is -0.492. The molecule has 0 bridgehead atoms. The van der Waals surface area contributed by atoms with Crippen molar-refractivity contribution in [2.75, 3.05) is 12.3 Å². The van der Waals surface area contributed by atoms with Crippen LogP contribution in [0.4, 0.5) is 0 Å². The van der Waals surface area contributed by atoms with E-state index < -0.39 is 6.04 Å². The van der Waals surface area contributed by atoms with Gasteiger partial charge in [0.15, 0.2) is 0 Å². The van der Waals surface area contributed by atoms with Crippen LogP contribution in [0.5, 0.6) is 0 Å². The van der Waals surface area contributed by atoms with Crippen LogP contribution in [-0.2, 0) is 21.9 Å². The number of rotatable bonds is 12. The topological polar surface area (TPSA) is 49.4 Å². The fourth-order valence-corrected chi connectivity index (χ4v) is 4.08. The summed E-state index contributed by atoms with van der Waals surface area (Å²) in [4.78, 5) is 27.4. The lowest BCUT2D eigenvalue weighted by Gasteiger charge is -2.29. The Balaban J connectivity index is 1.97. The van der Waals surface area contributed by atoms with E-state index in [9.17, 15) is 9.59 Å². The maximum Gasteiger partial charge on any atom is 0.242 e. The van der Waals surface area contributed by atoms with Crippen LogP contribution in [0.25, 0.3) is 0 Å². The Morgan fingerprint density at radius 1 is 1.07 bits per heavy atom. The van der Waals surface area contributed by atoms with Gasteiger partial charge >= 0.3 is 0 Å². The Bertz CT molecular complexity index is 795. The van der Waals surface area contributed by atoms with Crippen LogP contribution in [0.15, 0.2) is 54.6 Å². The van der Waals surface area contributed by atoms with Crippen molar-refractivity contribution in [3.05, 3.63) is 71.3 Å². The van der Waals surface area contributed by atoms with Gasteiger partial charge in [0.05, 0.1) is 0 Å². The zero-order valence-electron chi connectivity index (χ0n) is 18.4. The van der Waals surface area contributed by atoms with E-state index in [0.717, 1.165) is 35.5 Å². The van der Waals surface area contributed by atoms with Gasteiger partial charge in [-0.05, 0) is 31.4 Å². The molecule has 0 heterocycles. The van der Waals surface area contributed by atoms with Gasteiger partial charge in [0.25, 0.3) is 0 Å². The first-order valence-corrected chi connectivity index (χ1v) is 11.9. The highest BCUT2D eigenvalue weighted by molar-refractivity contribution is 7.98. The molecule has 2 aromatic rings. The van der Waals surface area contributed by atoms with Crippen LogP contribution in [-0.4, -0.2) is 35.1 Å². The van der Waals surface area contributed by atoms with E-state index in [0.29, 0.717) is 19.5 Å². The van der Waals surface area contributed by atoms with Crippen molar-refractivity contribution >= 4 is 23.6 Å². The number of aryl methyl sites for hydroxylation is 1. The largest absolute Gasteiger partial charge is 0.354 e. The minimum Gasteiger partial charge on any atom is -0.354 e. The smallest absolute Gasteiger partial charge is 0.242 e. The first-order chi connectivity index (χ1) is 14.5. The lowest BCUT2D eigenvalue weighted by molar-refractivity contribution is -0.140. The summed E-state index contributed by atoms with van der Waals surface area (Å²) in [5.41, 5.74) is 3.46. The average Bonchev–Trinajstić information content (AvgIpc) is 2.75. The molecule has 0 saturated carbocycles. The predicted molar refractivity (Wildman–Crippen MR) is 126 cm³/mol. The standard InChI is InChI=1S/C25H34N2O2S/c1-4-5-15-26-25(29)21(3)27(18-23-13-9-10-20(2)17-23)24(28)14-16-30-19-22-11-7-6-8-12-22/h6-13,17,21H,4-5,14-16,18-19H2,1-3H3,(H,26,29)/t21-/m1/s1. The number of carbonyl (C=O) groups excluding carboxylic acids is 2. The summed E-state index contributed by atoms with van der Waals surface area (Å²) in [6.45, 7) is 7.06. The van der Waals surface area contributed by atoms with E-state index in [1.807, 2.05) is 50.2 Å². The molecule has 162 valence electrons. The molecule has 0 aliphatic heterocycles. The number of nitrogens with one attached hydrogen (secondary N) is 1. The fourth-order valence-electron chi connectivity index (χ4n) is 3.19. The van der Waals surface area contributed by atoms with Crippen molar-refractivity contribution in [2.24, 2.45) is 0 Å². The second kappa shape index (κ2) is 13.1. The number of amides is 2. The lowest BCUT2D eigenvalue weighted by atomic mass is 10.1. The molecule has 0 radical (unpaired) electrons. The van der Waals surface area contributed by atoms with Crippen molar-refractivity contribution in [1.82, 2.24) is 10.2 Å². The summed E-state index contributed by atoms with van der Waals surface area (Å²) < 4.78 is 0. The highest BCUT2D eigenvalue weighted by Crippen LogP contribution is 2.16. The van der Waals surface area contributed by atoms with Gasteiger partial charge in [-0.25, -0.2) is 0 Å². The van der Waals surface area contributed by atoms with E-state index in [1.54, 1.807) is 16.7 Å². The summed E-state index contributed by atoms with van der Waals surface area (Å²) in [5, 5.41) is 2.97. The van der Waals surface area contributed by atoms with Crippen LogP contribution in [0, 0.1) is 6.92 Å². The second-order valence-electron chi connectivity index (χ2n) is 7.62. The Kier molecular flexibility index (Phi) is 10.5. The molecule has 1 N–H and O–H groups in total. The van der Waals surface area contributed by atoms with E-state index in [4.69, 9.17) is 0 Å². The van der Waals surface area contributed by atoms with Crippen LogP contribution in [0.3, 0.4) is 0 Å². The molecule has 4 nitrogen and oxygen atoms in total. The summed E-state index contributed by atoms with van der Waals surface area (Å²) in [6.07, 6.45) is 2.40. The predicted octanol–water partition coefficient (Wildman–Crippen LogP) is 4.95. The average molecular weight is 427 g/mol. The van der Waals surface area contributed by atoms with Crippen LogP contribution in [0.1, 0.15) is 49.8 Å². The molecular weight excluding hydrogens is 392 g/mol. The quantitative estimate of drug-likeness (QED) is 0.489. The second-order valence-corrected chi connectivity index (χ2v) is 8.72. The number of carbonyl (C=O) groups is 2. The number of nitrogens with zero attached hydrogens (tertiary/aromatic N) is 1. The summed E-state index contributed by atoms with van der Waals surface area (Å²) >= 11 is 1.75. The maximum absolute atomic E-state index is 13.1. The van der Waals surface area contributed by atoms with Gasteiger partial charge in [0.2, 0.25) is 11.8 Å². The van der Waals surface area contributed by atoms with Gasteiger partial charge in [0, 0.05) is 31.0 Å². The third-order valence-electron chi connectivity index (χ3n) is 5.00. The maximum atomic E-state index is 13.1. The van der Waals surface area contributed by atoms with Gasteiger partial charge in [0.1, 0.15) is 6.04 Å². The van der Waals surface area contributed by atoms with Crippen molar-refractivity contribution < 1.29 is 9.59 Å². The van der Waals surface area contributed by atoms with Gasteiger partial charge in [-0.1, -0.05) is 73.5 Å². The van der Waals surface area contributed by atoms with Crippen molar-refractivity contribution in [2.45, 2.75) is 58.4 Å². The molecular formula is C25H34N2O2S. The zero-order valence-corrected chi connectivity index (χ0v) is 19.2. The molecule has 5 heteroatoms. The third-order valence-corrected chi connectivity index (χ3v) is 6.03. The van der Waals surface area contributed by atoms with Gasteiger partial charge in [-0.3, -0.25) is 9.59 Å². The SMILES string of the molecule is CCCCNC(=O)[C@@H](C)N(Cc1cccc(C)c1)C(=O)CCSCc1ccccc1. The Morgan fingerprint density at radius 2 is 1.80 bits per heavy atom. The highest BCUT2D eigenvalue weighted by atomic mass is 32.2. The lowest BCUT2D eigenvalue weighted by Crippen LogP contribution is -2.47. The van der Waals surface area contributed by atoms with Crippen molar-refractivity contribution in [1.29, 1.82) is 0 Å². The van der Waals surface area contributed by atoms with Crippen LogP contribution >= 0.6 is 11.8 Å². The van der Waals surface area contributed by atoms with Gasteiger partial charge in [-0.2, -0.15) is 11.8 Å². The molecule has 0 saturated heterocycles. The number of hydrogen-bond acceptors (Lipinski definition) is 3. The molecule has 2 rings (SSSR count). The number of unbranched alkanes of at least 4 members (excludes halogenated alkanes) is 1. The van der Waals surface area contributed by atoms with E-state index in [1.165, 1.54) is 5.56 Å². The van der Waals surface area contributed by atoms with E-state index in [-0.39, 0.29) is 11.8 Å². The molecule has 0 aliphatic rings. The third kappa shape index (κ3) is 8.23. The number of benzene rings is 2. The molecule has 1 atom stereocenters. The van der Waals surface area contributed by atoms with Gasteiger partial charge in [-0.15, -0.1) is 0 Å².